The Morgan fingerprint density at radius 2 is 1.42 bits per heavy atom. The van der Waals surface area contributed by atoms with Crippen molar-refractivity contribution in [3.8, 4) is 11.5 Å². The lowest BCUT2D eigenvalue weighted by molar-refractivity contribution is -0.00568. The van der Waals surface area contributed by atoms with Crippen LogP contribution in [0.2, 0.25) is 0 Å². The van der Waals surface area contributed by atoms with E-state index in [1.165, 1.54) is 24.4 Å². The third kappa shape index (κ3) is 6.17. The Labute approximate surface area is 292 Å². The molecule has 10 nitrogen and oxygen atoms in total. The number of rotatable bonds is 11. The molecule has 4 aromatic carbocycles. The first kappa shape index (κ1) is 33.2. The minimum Gasteiger partial charge on any atom is -0.497 e. The Hall–Kier alpha value is -5.30. The summed E-state index contributed by atoms with van der Waals surface area (Å²) in [5, 5.41) is 12.5. The largest absolute Gasteiger partial charge is 0.497 e. The standard InChI is InChI=1S/C38H34FN5O5S/c1-47-28-17-13-26(14-18-28)38(25-11-7-4-8-12-25,27-15-19-29(48-2)20-16-27)49-21-30-31(39)33(45)37(50-30)44-23-42-32-34(40-22-41-35(32)44)43-36(46)24-9-5-3-6-10-24/h3-20,22-23,30-31,33,37,45H,21H2,1-2H3,(H,40,41,43,46)/t30-,31?,33-,37-/m1/s1. The quantitative estimate of drug-likeness (QED) is 0.148. The van der Waals surface area contributed by atoms with E-state index < -0.39 is 28.5 Å². The van der Waals surface area contributed by atoms with Crippen molar-refractivity contribution >= 4 is 34.7 Å². The molecule has 0 spiro atoms. The molecule has 1 saturated heterocycles. The molecule has 50 heavy (non-hydrogen) atoms. The van der Waals surface area contributed by atoms with Gasteiger partial charge < -0.3 is 24.6 Å². The van der Waals surface area contributed by atoms with Gasteiger partial charge in [-0.15, -0.1) is 11.8 Å². The van der Waals surface area contributed by atoms with Gasteiger partial charge >= 0.3 is 0 Å². The molecular formula is C38H34FN5O5S. The monoisotopic (exact) mass is 691 g/mol. The Balaban J connectivity index is 1.20. The third-order valence-corrected chi connectivity index (χ3v) is 10.4. The van der Waals surface area contributed by atoms with Crippen molar-refractivity contribution in [2.75, 3.05) is 26.1 Å². The van der Waals surface area contributed by atoms with Gasteiger partial charge in [-0.1, -0.05) is 72.8 Å². The molecule has 1 fully saturated rings. The van der Waals surface area contributed by atoms with Gasteiger partial charge in [0.05, 0.1) is 32.4 Å². The number of aliphatic hydroxyl groups excluding tert-OH is 1. The number of methoxy groups -OCH3 is 2. The Morgan fingerprint density at radius 3 is 2.02 bits per heavy atom. The van der Waals surface area contributed by atoms with Gasteiger partial charge in [-0.2, -0.15) is 0 Å². The van der Waals surface area contributed by atoms with E-state index in [4.69, 9.17) is 14.2 Å². The molecule has 1 amide bonds. The molecule has 0 radical (unpaired) electrons. The van der Waals surface area contributed by atoms with E-state index in [9.17, 15) is 9.90 Å². The summed E-state index contributed by atoms with van der Waals surface area (Å²) >= 11 is 1.24. The molecule has 1 aliphatic heterocycles. The van der Waals surface area contributed by atoms with Crippen molar-refractivity contribution in [1.82, 2.24) is 19.5 Å². The maximum absolute atomic E-state index is 16.1. The van der Waals surface area contributed by atoms with E-state index in [2.05, 4.69) is 20.3 Å². The Bertz CT molecular complexity index is 2020. The van der Waals surface area contributed by atoms with Crippen LogP contribution in [0.5, 0.6) is 11.5 Å². The summed E-state index contributed by atoms with van der Waals surface area (Å²) in [6.45, 7) is -0.0493. The highest BCUT2D eigenvalue weighted by molar-refractivity contribution is 8.00. The molecular weight excluding hydrogens is 658 g/mol. The molecule has 0 aliphatic carbocycles. The van der Waals surface area contributed by atoms with Crippen LogP contribution in [0, 0.1) is 0 Å². The normalized spacial score (nSPS) is 19.0. The number of nitrogens with zero attached hydrogens (tertiary/aromatic N) is 4. The van der Waals surface area contributed by atoms with Crippen LogP contribution in [0.3, 0.4) is 0 Å². The van der Waals surface area contributed by atoms with Crippen LogP contribution < -0.4 is 14.8 Å². The van der Waals surface area contributed by atoms with E-state index in [0.29, 0.717) is 28.2 Å². The summed E-state index contributed by atoms with van der Waals surface area (Å²) in [6.07, 6.45) is -0.242. The maximum Gasteiger partial charge on any atom is 0.256 e. The number of hydrogen-bond donors (Lipinski definition) is 2. The molecule has 4 atom stereocenters. The molecule has 6 aromatic rings. The number of aliphatic hydroxyl groups is 1. The maximum atomic E-state index is 16.1. The van der Waals surface area contributed by atoms with Gasteiger partial charge in [0.1, 0.15) is 41.1 Å². The van der Waals surface area contributed by atoms with Gasteiger partial charge in [0, 0.05) is 5.56 Å². The van der Waals surface area contributed by atoms with E-state index in [-0.39, 0.29) is 18.3 Å². The number of anilines is 1. The average molecular weight is 692 g/mol. The van der Waals surface area contributed by atoms with Crippen LogP contribution >= 0.6 is 11.8 Å². The van der Waals surface area contributed by atoms with Gasteiger partial charge in [0.25, 0.3) is 5.91 Å². The molecule has 254 valence electrons. The molecule has 1 aliphatic rings. The summed E-state index contributed by atoms with van der Waals surface area (Å²) in [6, 6.07) is 33.7. The number of ether oxygens (including phenoxy) is 3. The number of hydrogen-bond acceptors (Lipinski definition) is 9. The number of fused-ring (bicyclic) bond motifs is 1. The highest BCUT2D eigenvalue weighted by Gasteiger charge is 2.47. The molecule has 2 aromatic heterocycles. The number of thioether (sulfide) groups is 1. The number of alkyl halides is 1. The lowest BCUT2D eigenvalue weighted by Gasteiger charge is -2.37. The molecule has 7 rings (SSSR count). The van der Waals surface area contributed by atoms with Gasteiger partial charge in [0.2, 0.25) is 0 Å². The molecule has 0 saturated carbocycles. The minimum absolute atomic E-state index is 0.0493. The van der Waals surface area contributed by atoms with Crippen molar-refractivity contribution in [2.45, 2.75) is 28.5 Å². The zero-order valence-corrected chi connectivity index (χ0v) is 28.0. The number of aromatic nitrogens is 4. The number of benzene rings is 4. The lowest BCUT2D eigenvalue weighted by atomic mass is 9.80. The van der Waals surface area contributed by atoms with E-state index in [1.54, 1.807) is 43.1 Å². The molecule has 3 heterocycles. The second-order valence-corrected chi connectivity index (χ2v) is 13.0. The highest BCUT2D eigenvalue weighted by atomic mass is 32.2. The number of halogens is 1. The first-order chi connectivity index (χ1) is 24.4. The Kier molecular flexibility index (Phi) is 9.48. The SMILES string of the molecule is COc1ccc(C(OC[C@H]2S[C@@H](n3cnc4c(NC(=O)c5ccccc5)ncnc43)[C@H](O)C2F)(c2ccccc2)c2ccc(OC)cc2)cc1. The minimum atomic E-state index is -1.64. The van der Waals surface area contributed by atoms with Gasteiger partial charge in [-0.3, -0.25) is 9.36 Å². The molecule has 0 bridgehead atoms. The number of amides is 1. The van der Waals surface area contributed by atoms with E-state index >= 15 is 4.39 Å². The number of imidazole rings is 1. The second kappa shape index (κ2) is 14.3. The zero-order valence-electron chi connectivity index (χ0n) is 27.2. The zero-order chi connectivity index (χ0) is 34.7. The van der Waals surface area contributed by atoms with Gasteiger partial charge in [-0.25, -0.2) is 19.3 Å². The second-order valence-electron chi connectivity index (χ2n) is 11.7. The first-order valence-corrected chi connectivity index (χ1v) is 16.9. The highest BCUT2D eigenvalue weighted by Crippen LogP contribution is 2.47. The van der Waals surface area contributed by atoms with Crippen molar-refractivity contribution in [3.63, 3.8) is 0 Å². The summed E-state index contributed by atoms with van der Waals surface area (Å²) in [5.41, 5.74) is 2.45. The van der Waals surface area contributed by atoms with Gasteiger partial charge in [-0.05, 0) is 53.1 Å². The van der Waals surface area contributed by atoms with E-state index in [1.807, 2.05) is 84.9 Å². The van der Waals surface area contributed by atoms with Gasteiger partial charge in [0.15, 0.2) is 17.0 Å². The van der Waals surface area contributed by atoms with Crippen molar-refractivity contribution in [2.24, 2.45) is 0 Å². The van der Waals surface area contributed by atoms with E-state index in [0.717, 1.165) is 16.7 Å². The number of carbonyl (C=O) groups is 1. The van der Waals surface area contributed by atoms with Crippen LogP contribution in [0.4, 0.5) is 10.2 Å². The average Bonchev–Trinajstić information content (AvgIpc) is 3.73. The fraction of sp³-hybridized carbons (Fsp3) is 0.211. The summed E-state index contributed by atoms with van der Waals surface area (Å²) < 4.78 is 35.6. The predicted molar refractivity (Wildman–Crippen MR) is 189 cm³/mol. The summed E-state index contributed by atoms with van der Waals surface area (Å²) in [5.74, 6) is 1.23. The Morgan fingerprint density at radius 1 is 0.840 bits per heavy atom. The van der Waals surface area contributed by atoms with Crippen molar-refractivity contribution in [1.29, 1.82) is 0 Å². The fourth-order valence-corrected chi connectivity index (χ4v) is 7.67. The summed E-state index contributed by atoms with van der Waals surface area (Å²) in [7, 11) is 3.22. The van der Waals surface area contributed by atoms with Crippen LogP contribution in [0.25, 0.3) is 11.2 Å². The van der Waals surface area contributed by atoms with Crippen molar-refractivity contribution in [3.05, 3.63) is 144 Å². The molecule has 1 unspecified atom stereocenters. The predicted octanol–water partition coefficient (Wildman–Crippen LogP) is 6.42. The van der Waals surface area contributed by atoms with Crippen LogP contribution in [-0.2, 0) is 10.3 Å². The fourth-order valence-electron chi connectivity index (χ4n) is 6.25. The van der Waals surface area contributed by atoms with Crippen LogP contribution in [-0.4, -0.2) is 68.9 Å². The topological polar surface area (TPSA) is 121 Å². The molecule has 2 N–H and O–H groups in total. The first-order valence-electron chi connectivity index (χ1n) is 15.9. The van der Waals surface area contributed by atoms with Crippen LogP contribution in [0.15, 0.2) is 122 Å². The third-order valence-electron chi connectivity index (χ3n) is 8.83. The number of nitrogens with one attached hydrogen (secondary N) is 1. The lowest BCUT2D eigenvalue weighted by Crippen LogP contribution is -2.37. The van der Waals surface area contributed by atoms with Crippen molar-refractivity contribution < 1.29 is 28.5 Å². The smallest absolute Gasteiger partial charge is 0.256 e. The summed E-state index contributed by atoms with van der Waals surface area (Å²) in [4.78, 5) is 25.9. The molecule has 12 heteroatoms. The van der Waals surface area contributed by atoms with Crippen LogP contribution in [0.1, 0.15) is 32.4 Å². The number of carbonyl (C=O) groups excluding carboxylic acids is 1.